The molecule has 1 heterocycles. The first-order chi connectivity index (χ1) is 6.97. The fraction of sp³-hybridized carbons (Fsp3) is 0.667. The van der Waals surface area contributed by atoms with E-state index in [1.54, 1.807) is 6.07 Å². The number of hydrogen-bond acceptors (Lipinski definition) is 3. The van der Waals surface area contributed by atoms with Crippen LogP contribution < -0.4 is 0 Å². The highest BCUT2D eigenvalue weighted by Gasteiger charge is 2.25. The van der Waals surface area contributed by atoms with Crippen LogP contribution in [0.25, 0.3) is 0 Å². The molecule has 1 fully saturated rings. The Labute approximate surface area is 90.6 Å². The molecule has 2 rings (SSSR count). The maximum absolute atomic E-state index is 9.57. The zero-order valence-corrected chi connectivity index (χ0v) is 9.62. The average molecular weight is 206 g/mol. The van der Waals surface area contributed by atoms with Gasteiger partial charge in [0.2, 0.25) is 5.88 Å². The summed E-state index contributed by atoms with van der Waals surface area (Å²) in [5.41, 5.74) is 0.899. The summed E-state index contributed by atoms with van der Waals surface area (Å²) < 4.78 is 0. The molecule has 3 nitrogen and oxygen atoms in total. The van der Waals surface area contributed by atoms with Crippen molar-refractivity contribution < 1.29 is 5.11 Å². The molecular weight excluding hydrogens is 188 g/mol. The van der Waals surface area contributed by atoms with Gasteiger partial charge in [-0.05, 0) is 12.8 Å². The van der Waals surface area contributed by atoms with E-state index in [1.807, 2.05) is 0 Å². The highest BCUT2D eigenvalue weighted by atomic mass is 16.3. The van der Waals surface area contributed by atoms with Gasteiger partial charge in [-0.25, -0.2) is 4.98 Å². The molecule has 0 radical (unpaired) electrons. The van der Waals surface area contributed by atoms with Crippen molar-refractivity contribution in [1.82, 2.24) is 9.97 Å². The van der Waals surface area contributed by atoms with Gasteiger partial charge < -0.3 is 5.11 Å². The van der Waals surface area contributed by atoms with E-state index in [4.69, 9.17) is 0 Å². The first-order valence-electron chi connectivity index (χ1n) is 5.55. The lowest BCUT2D eigenvalue weighted by Crippen LogP contribution is -2.19. The van der Waals surface area contributed by atoms with Crippen LogP contribution in [0.15, 0.2) is 6.07 Å². The number of hydrogen-bond donors (Lipinski definition) is 1. The molecule has 1 aromatic heterocycles. The van der Waals surface area contributed by atoms with Gasteiger partial charge in [0, 0.05) is 17.4 Å². The minimum atomic E-state index is -0.0289. The maximum atomic E-state index is 9.57. The molecule has 0 unspecified atom stereocenters. The van der Waals surface area contributed by atoms with E-state index in [0.29, 0.717) is 5.92 Å². The first-order valence-corrected chi connectivity index (χ1v) is 5.55. The van der Waals surface area contributed by atoms with E-state index in [0.717, 1.165) is 24.4 Å². The van der Waals surface area contributed by atoms with Gasteiger partial charge in [0.25, 0.3) is 0 Å². The van der Waals surface area contributed by atoms with E-state index in [2.05, 4.69) is 30.7 Å². The van der Waals surface area contributed by atoms with Crippen LogP contribution in [0.3, 0.4) is 0 Å². The van der Waals surface area contributed by atoms with E-state index >= 15 is 0 Å². The van der Waals surface area contributed by atoms with Gasteiger partial charge in [-0.15, -0.1) is 0 Å². The van der Waals surface area contributed by atoms with E-state index in [1.165, 1.54) is 6.42 Å². The molecule has 3 heteroatoms. The van der Waals surface area contributed by atoms with Crippen molar-refractivity contribution in [2.75, 3.05) is 0 Å². The Morgan fingerprint density at radius 3 is 2.40 bits per heavy atom. The Morgan fingerprint density at radius 2 is 1.93 bits per heavy atom. The predicted molar refractivity (Wildman–Crippen MR) is 59.0 cm³/mol. The Kier molecular flexibility index (Phi) is 2.41. The molecule has 0 bridgehead atoms. The van der Waals surface area contributed by atoms with Gasteiger partial charge in [-0.1, -0.05) is 27.2 Å². The number of nitrogens with zero attached hydrogens (tertiary/aromatic N) is 2. The number of rotatable bonds is 1. The highest BCUT2D eigenvalue weighted by molar-refractivity contribution is 5.22. The summed E-state index contributed by atoms with van der Waals surface area (Å²) in [5, 5.41) is 9.57. The van der Waals surface area contributed by atoms with Crippen molar-refractivity contribution in [3.63, 3.8) is 0 Å². The lowest BCUT2D eigenvalue weighted by molar-refractivity contribution is 0.382. The standard InChI is InChI=1S/C12H18N2O/c1-12(2,3)9-7-10(15)14-11(13-9)8-5-4-6-8/h7-8H,4-6H2,1-3H3,(H,13,14,15). The molecule has 15 heavy (non-hydrogen) atoms. The van der Waals surface area contributed by atoms with Crippen LogP contribution in [0, 0.1) is 0 Å². The smallest absolute Gasteiger partial charge is 0.214 e. The number of aromatic hydroxyl groups is 1. The summed E-state index contributed by atoms with van der Waals surface area (Å²) >= 11 is 0. The zero-order chi connectivity index (χ0) is 11.1. The highest BCUT2D eigenvalue weighted by Crippen LogP contribution is 2.36. The molecule has 82 valence electrons. The van der Waals surface area contributed by atoms with Crippen LogP contribution in [0.1, 0.15) is 57.5 Å². The normalized spacial score (nSPS) is 17.5. The average Bonchev–Trinajstić information content (AvgIpc) is 1.97. The molecule has 0 saturated heterocycles. The fourth-order valence-corrected chi connectivity index (χ4v) is 1.69. The third-order valence-corrected chi connectivity index (χ3v) is 2.97. The molecule has 1 aliphatic rings. The minimum absolute atomic E-state index is 0.0289. The van der Waals surface area contributed by atoms with Crippen molar-refractivity contribution >= 4 is 0 Å². The Morgan fingerprint density at radius 1 is 1.27 bits per heavy atom. The quantitative estimate of drug-likeness (QED) is 0.768. The van der Waals surface area contributed by atoms with E-state index < -0.39 is 0 Å². The van der Waals surface area contributed by atoms with Gasteiger partial charge in [-0.3, -0.25) is 0 Å². The molecule has 1 N–H and O–H groups in total. The van der Waals surface area contributed by atoms with Crippen molar-refractivity contribution in [2.45, 2.75) is 51.4 Å². The molecule has 1 aliphatic carbocycles. The monoisotopic (exact) mass is 206 g/mol. The van der Waals surface area contributed by atoms with Crippen molar-refractivity contribution in [2.24, 2.45) is 0 Å². The van der Waals surface area contributed by atoms with Gasteiger partial charge in [0.1, 0.15) is 5.82 Å². The molecule has 0 aromatic carbocycles. The summed E-state index contributed by atoms with van der Waals surface area (Å²) in [6.07, 6.45) is 3.58. The fourth-order valence-electron chi connectivity index (χ4n) is 1.69. The minimum Gasteiger partial charge on any atom is -0.493 e. The number of aromatic nitrogens is 2. The Bertz CT molecular complexity index is 364. The molecule has 0 atom stereocenters. The molecule has 0 amide bonds. The second-order valence-corrected chi connectivity index (χ2v) is 5.35. The molecular formula is C12H18N2O. The second kappa shape index (κ2) is 3.47. The third-order valence-electron chi connectivity index (χ3n) is 2.97. The van der Waals surface area contributed by atoms with Crippen LogP contribution in [0.5, 0.6) is 5.88 Å². The topological polar surface area (TPSA) is 46.0 Å². The lowest BCUT2D eigenvalue weighted by Gasteiger charge is -2.26. The summed E-state index contributed by atoms with van der Waals surface area (Å²) in [6.45, 7) is 6.29. The SMILES string of the molecule is CC(C)(C)c1cc(O)nc(C2CCC2)n1. The van der Waals surface area contributed by atoms with Gasteiger partial charge >= 0.3 is 0 Å². The Hall–Kier alpha value is -1.12. The van der Waals surface area contributed by atoms with E-state index in [-0.39, 0.29) is 11.3 Å². The summed E-state index contributed by atoms with van der Waals surface area (Å²) in [7, 11) is 0. The maximum Gasteiger partial charge on any atom is 0.214 e. The van der Waals surface area contributed by atoms with Crippen molar-refractivity contribution in [3.8, 4) is 5.88 Å². The molecule has 0 spiro atoms. The third kappa shape index (κ3) is 2.11. The first kappa shape index (κ1) is 10.4. The zero-order valence-electron chi connectivity index (χ0n) is 9.62. The second-order valence-electron chi connectivity index (χ2n) is 5.35. The Balaban J connectivity index is 2.36. The van der Waals surface area contributed by atoms with Crippen LogP contribution >= 0.6 is 0 Å². The molecule has 0 aliphatic heterocycles. The van der Waals surface area contributed by atoms with Gasteiger partial charge in [0.05, 0.1) is 5.69 Å². The lowest BCUT2D eigenvalue weighted by atomic mass is 9.84. The van der Waals surface area contributed by atoms with E-state index in [9.17, 15) is 5.11 Å². The largest absolute Gasteiger partial charge is 0.493 e. The summed E-state index contributed by atoms with van der Waals surface area (Å²) in [4.78, 5) is 8.67. The van der Waals surface area contributed by atoms with Crippen LogP contribution in [0.4, 0.5) is 0 Å². The molecule has 1 saturated carbocycles. The van der Waals surface area contributed by atoms with Gasteiger partial charge in [-0.2, -0.15) is 4.98 Å². The summed E-state index contributed by atoms with van der Waals surface area (Å²) in [6, 6.07) is 1.67. The van der Waals surface area contributed by atoms with Crippen LogP contribution in [0.2, 0.25) is 0 Å². The van der Waals surface area contributed by atoms with Crippen molar-refractivity contribution in [3.05, 3.63) is 17.6 Å². The van der Waals surface area contributed by atoms with Crippen molar-refractivity contribution in [1.29, 1.82) is 0 Å². The van der Waals surface area contributed by atoms with Gasteiger partial charge in [0.15, 0.2) is 0 Å². The van der Waals surface area contributed by atoms with Crippen LogP contribution in [-0.2, 0) is 5.41 Å². The molecule has 1 aromatic rings. The predicted octanol–water partition coefficient (Wildman–Crippen LogP) is 2.75. The summed E-state index contributed by atoms with van der Waals surface area (Å²) in [5.74, 6) is 1.40. The van der Waals surface area contributed by atoms with Crippen LogP contribution in [-0.4, -0.2) is 15.1 Å².